The number of benzene rings is 2. The molecule has 2 aromatic rings. The van der Waals surface area contributed by atoms with Crippen molar-refractivity contribution in [3.8, 4) is 0 Å². The van der Waals surface area contributed by atoms with Crippen LogP contribution in [0.2, 0.25) is 0 Å². The van der Waals surface area contributed by atoms with Crippen molar-refractivity contribution in [3.63, 3.8) is 0 Å². The van der Waals surface area contributed by atoms with Crippen LogP contribution in [0.3, 0.4) is 0 Å². The van der Waals surface area contributed by atoms with E-state index in [2.05, 4.69) is 79.6 Å². The van der Waals surface area contributed by atoms with E-state index in [0.29, 0.717) is 6.71 Å². The molecule has 0 spiro atoms. The first-order valence-electron chi connectivity index (χ1n) is 5.64. The summed E-state index contributed by atoms with van der Waals surface area (Å²) in [5.41, 5.74) is 2.68. The lowest BCUT2D eigenvalue weighted by Gasteiger charge is -2.09. The molecule has 0 bridgehead atoms. The Morgan fingerprint density at radius 1 is 0.750 bits per heavy atom. The highest BCUT2D eigenvalue weighted by Gasteiger charge is 2.14. The molecule has 0 fully saturated rings. The molecule has 0 aromatic heterocycles. The van der Waals surface area contributed by atoms with Gasteiger partial charge in [-0.15, -0.1) is 5.98 Å². The lowest BCUT2D eigenvalue weighted by Crippen LogP contribution is -2.40. The average molecular weight is 206 g/mol. The zero-order valence-corrected chi connectivity index (χ0v) is 9.51. The van der Waals surface area contributed by atoms with Crippen LogP contribution in [0.15, 0.2) is 72.7 Å². The molecule has 1 heteroatoms. The van der Waals surface area contributed by atoms with Crippen LogP contribution in [0.1, 0.15) is 6.92 Å². The first-order valence-corrected chi connectivity index (χ1v) is 5.64. The normalized spacial score (nSPS) is 10.6. The van der Waals surface area contributed by atoms with Crippen LogP contribution >= 0.6 is 0 Å². The third-order valence-electron chi connectivity index (χ3n) is 2.70. The summed E-state index contributed by atoms with van der Waals surface area (Å²) >= 11 is 0. The maximum absolute atomic E-state index is 2.24. The van der Waals surface area contributed by atoms with Crippen molar-refractivity contribution >= 4 is 17.6 Å². The van der Waals surface area contributed by atoms with Gasteiger partial charge >= 0.3 is 0 Å². The summed E-state index contributed by atoms with van der Waals surface area (Å²) in [4.78, 5) is 0. The minimum atomic E-state index is 0.368. The zero-order chi connectivity index (χ0) is 11.2. The molecule has 0 amide bonds. The Kier molecular flexibility index (Phi) is 3.60. The molecule has 2 rings (SSSR count). The Morgan fingerprint density at radius 2 is 1.19 bits per heavy atom. The Labute approximate surface area is 97.7 Å². The van der Waals surface area contributed by atoms with Crippen molar-refractivity contribution in [2.24, 2.45) is 0 Å². The van der Waals surface area contributed by atoms with Gasteiger partial charge in [-0.25, -0.2) is 0 Å². The molecule has 0 nitrogen and oxygen atoms in total. The second kappa shape index (κ2) is 5.36. The van der Waals surface area contributed by atoms with Crippen LogP contribution < -0.4 is 10.9 Å². The summed E-state index contributed by atoms with van der Waals surface area (Å²) in [5.74, 6) is 2.24. The summed E-state index contributed by atoms with van der Waals surface area (Å²) in [5, 5.41) is 0. The molecule has 0 aliphatic heterocycles. The van der Waals surface area contributed by atoms with Crippen molar-refractivity contribution in [1.82, 2.24) is 0 Å². The van der Waals surface area contributed by atoms with E-state index >= 15 is 0 Å². The summed E-state index contributed by atoms with van der Waals surface area (Å²) in [6, 6.07) is 21.2. The van der Waals surface area contributed by atoms with E-state index < -0.39 is 0 Å². The van der Waals surface area contributed by atoms with E-state index in [1.807, 2.05) is 0 Å². The van der Waals surface area contributed by atoms with Gasteiger partial charge in [0.25, 0.3) is 0 Å². The Morgan fingerprint density at radius 3 is 1.56 bits per heavy atom. The zero-order valence-electron chi connectivity index (χ0n) is 9.51. The first-order chi connectivity index (χ1) is 7.92. The molecular weight excluding hydrogens is 191 g/mol. The van der Waals surface area contributed by atoms with Gasteiger partial charge in [0.2, 0.25) is 6.71 Å². The van der Waals surface area contributed by atoms with Crippen molar-refractivity contribution in [2.75, 3.05) is 0 Å². The van der Waals surface area contributed by atoms with Gasteiger partial charge in [0.1, 0.15) is 0 Å². The Bertz CT molecular complexity index is 406. The molecule has 0 heterocycles. The van der Waals surface area contributed by atoms with Crippen LogP contribution in [-0.2, 0) is 0 Å². The minimum absolute atomic E-state index is 0.368. The van der Waals surface area contributed by atoms with Crippen LogP contribution in [0, 0.1) is 0 Å². The standard InChI is InChI=1S/C15H15B/c1-2-13-16(14-9-5-3-6-10-14)15-11-7-4-8-12-15/h2-13H,1H3/b13-2+. The number of hydrogen-bond acceptors (Lipinski definition) is 0. The fraction of sp³-hybridized carbons (Fsp3) is 0.0667. The molecule has 78 valence electrons. The molecule has 0 saturated carbocycles. The van der Waals surface area contributed by atoms with Crippen LogP contribution in [0.25, 0.3) is 0 Å². The predicted octanol–water partition coefficient (Wildman–Crippen LogP) is 2.41. The van der Waals surface area contributed by atoms with Crippen molar-refractivity contribution in [2.45, 2.75) is 6.92 Å². The second-order valence-electron chi connectivity index (χ2n) is 3.82. The van der Waals surface area contributed by atoms with Crippen LogP contribution in [0.4, 0.5) is 0 Å². The average Bonchev–Trinajstić information content (AvgIpc) is 2.38. The lowest BCUT2D eigenvalue weighted by molar-refractivity contribution is 1.72. The quantitative estimate of drug-likeness (QED) is 0.676. The highest BCUT2D eigenvalue weighted by Crippen LogP contribution is 1.94. The molecule has 0 unspecified atom stereocenters. The fourth-order valence-corrected chi connectivity index (χ4v) is 1.93. The highest BCUT2D eigenvalue weighted by atomic mass is 13.9. The van der Waals surface area contributed by atoms with E-state index in [9.17, 15) is 0 Å². The monoisotopic (exact) mass is 206 g/mol. The third-order valence-corrected chi connectivity index (χ3v) is 2.70. The van der Waals surface area contributed by atoms with Gasteiger partial charge in [0.05, 0.1) is 0 Å². The fourth-order valence-electron chi connectivity index (χ4n) is 1.93. The molecule has 0 saturated heterocycles. The maximum atomic E-state index is 2.24. The highest BCUT2D eigenvalue weighted by molar-refractivity contribution is 6.89. The summed E-state index contributed by atoms with van der Waals surface area (Å²) in [6.07, 6.45) is 2.12. The van der Waals surface area contributed by atoms with Gasteiger partial charge < -0.3 is 0 Å². The largest absolute Gasteiger partial charge is 0.233 e. The van der Waals surface area contributed by atoms with Gasteiger partial charge in [-0.2, -0.15) is 0 Å². The predicted molar refractivity (Wildman–Crippen MR) is 72.7 cm³/mol. The second-order valence-corrected chi connectivity index (χ2v) is 3.82. The molecule has 0 aliphatic rings. The van der Waals surface area contributed by atoms with Gasteiger partial charge in [0, 0.05) is 0 Å². The van der Waals surface area contributed by atoms with E-state index in [4.69, 9.17) is 0 Å². The Hall–Kier alpha value is -1.76. The van der Waals surface area contributed by atoms with E-state index in [0.717, 1.165) is 0 Å². The molecule has 0 N–H and O–H groups in total. The number of hydrogen-bond donors (Lipinski definition) is 0. The van der Waals surface area contributed by atoms with Crippen molar-refractivity contribution in [1.29, 1.82) is 0 Å². The van der Waals surface area contributed by atoms with E-state index in [-0.39, 0.29) is 0 Å². The van der Waals surface area contributed by atoms with Gasteiger partial charge in [-0.1, -0.05) is 77.7 Å². The topological polar surface area (TPSA) is 0 Å². The van der Waals surface area contributed by atoms with Crippen LogP contribution in [-0.4, -0.2) is 6.71 Å². The maximum Gasteiger partial charge on any atom is 0.233 e. The molecular formula is C15H15B. The van der Waals surface area contributed by atoms with Gasteiger partial charge in [-0.05, 0) is 6.92 Å². The molecule has 0 radical (unpaired) electrons. The van der Waals surface area contributed by atoms with E-state index in [1.165, 1.54) is 10.9 Å². The SMILES string of the molecule is C/C=C/B(c1ccccc1)c1ccccc1. The molecule has 0 atom stereocenters. The smallest absolute Gasteiger partial charge is 0.110 e. The first kappa shape index (κ1) is 10.8. The number of rotatable bonds is 3. The summed E-state index contributed by atoms with van der Waals surface area (Å²) in [6.45, 7) is 2.44. The molecule has 2 aromatic carbocycles. The van der Waals surface area contributed by atoms with E-state index in [1.54, 1.807) is 0 Å². The third kappa shape index (κ3) is 2.43. The molecule has 0 aliphatic carbocycles. The van der Waals surface area contributed by atoms with Crippen molar-refractivity contribution in [3.05, 3.63) is 72.7 Å². The van der Waals surface area contributed by atoms with Crippen LogP contribution in [0.5, 0.6) is 0 Å². The number of allylic oxidation sites excluding steroid dienone is 1. The van der Waals surface area contributed by atoms with Gasteiger partial charge in [0.15, 0.2) is 0 Å². The lowest BCUT2D eigenvalue weighted by atomic mass is 9.41. The minimum Gasteiger partial charge on any atom is -0.110 e. The molecule has 16 heavy (non-hydrogen) atoms. The van der Waals surface area contributed by atoms with Crippen molar-refractivity contribution < 1.29 is 0 Å². The Balaban J connectivity index is 2.39. The summed E-state index contributed by atoms with van der Waals surface area (Å²) in [7, 11) is 0. The van der Waals surface area contributed by atoms with Gasteiger partial charge in [-0.3, -0.25) is 0 Å². The summed E-state index contributed by atoms with van der Waals surface area (Å²) < 4.78 is 0.